The van der Waals surface area contributed by atoms with Crippen LogP contribution in [0.2, 0.25) is 5.02 Å². The Hall–Kier alpha value is -4.49. The average molecular weight is 500 g/mol. The van der Waals surface area contributed by atoms with Crippen LogP contribution in [0.5, 0.6) is 5.75 Å². The number of rotatable bonds is 7. The number of benzene rings is 4. The molecule has 0 saturated carbocycles. The van der Waals surface area contributed by atoms with Gasteiger partial charge >= 0.3 is 5.97 Å². The fourth-order valence-corrected chi connectivity index (χ4v) is 3.64. The van der Waals surface area contributed by atoms with E-state index in [1.807, 2.05) is 49.4 Å². The number of aryl methyl sites for hydroxylation is 1. The van der Waals surface area contributed by atoms with Crippen molar-refractivity contribution in [3.05, 3.63) is 112 Å². The van der Waals surface area contributed by atoms with Crippen LogP contribution in [0.15, 0.2) is 90.0 Å². The summed E-state index contributed by atoms with van der Waals surface area (Å²) in [6, 6.07) is 24.5. The van der Waals surface area contributed by atoms with Gasteiger partial charge in [-0.3, -0.25) is 9.59 Å². The summed E-state index contributed by atoms with van der Waals surface area (Å²) >= 11 is 5.90. The standard InChI is InChI=1S/C28H22ClN3O4/c1-18-9-11-20(12-10-18)28(35)36-25-14-13-19-5-2-3-8-23(19)24(25)16-31-32-26(33)17-30-27(34)21-6-4-7-22(29)15-21/h2-16H,17H2,1H3,(H,30,34)(H,32,33). The van der Waals surface area contributed by atoms with Crippen LogP contribution in [0, 0.1) is 6.92 Å². The predicted molar refractivity (Wildman–Crippen MR) is 140 cm³/mol. The van der Waals surface area contributed by atoms with Crippen LogP contribution in [0.1, 0.15) is 31.8 Å². The molecule has 4 aromatic carbocycles. The molecule has 2 amide bonds. The molecule has 0 spiro atoms. The van der Waals surface area contributed by atoms with Crippen molar-refractivity contribution < 1.29 is 19.1 Å². The molecule has 0 bridgehead atoms. The average Bonchev–Trinajstić information content (AvgIpc) is 2.88. The van der Waals surface area contributed by atoms with Gasteiger partial charge in [0.1, 0.15) is 5.75 Å². The summed E-state index contributed by atoms with van der Waals surface area (Å²) in [5.74, 6) is -1.17. The molecule has 0 unspecified atom stereocenters. The van der Waals surface area contributed by atoms with Crippen LogP contribution >= 0.6 is 11.6 Å². The van der Waals surface area contributed by atoms with Gasteiger partial charge in [-0.1, -0.05) is 65.7 Å². The van der Waals surface area contributed by atoms with Crippen LogP contribution < -0.4 is 15.5 Å². The highest BCUT2D eigenvalue weighted by molar-refractivity contribution is 6.31. The topological polar surface area (TPSA) is 96.9 Å². The highest BCUT2D eigenvalue weighted by Crippen LogP contribution is 2.27. The van der Waals surface area contributed by atoms with E-state index in [-0.39, 0.29) is 6.54 Å². The second-order valence-electron chi connectivity index (χ2n) is 7.94. The molecule has 0 radical (unpaired) electrons. The maximum absolute atomic E-state index is 12.7. The Bertz CT molecular complexity index is 1470. The molecule has 0 fully saturated rings. The van der Waals surface area contributed by atoms with Gasteiger partial charge < -0.3 is 10.1 Å². The van der Waals surface area contributed by atoms with Gasteiger partial charge in [-0.05, 0) is 54.1 Å². The number of fused-ring (bicyclic) bond motifs is 1. The van der Waals surface area contributed by atoms with Gasteiger partial charge in [0.2, 0.25) is 0 Å². The number of carbonyl (C=O) groups excluding carboxylic acids is 3. The monoisotopic (exact) mass is 499 g/mol. The summed E-state index contributed by atoms with van der Waals surface area (Å²) in [7, 11) is 0. The Kier molecular flexibility index (Phi) is 7.72. The Balaban J connectivity index is 1.47. The number of hydrogen-bond acceptors (Lipinski definition) is 5. The van der Waals surface area contributed by atoms with E-state index in [0.29, 0.717) is 27.5 Å². The largest absolute Gasteiger partial charge is 0.422 e. The van der Waals surface area contributed by atoms with Crippen molar-refractivity contribution in [2.45, 2.75) is 6.92 Å². The molecule has 7 nitrogen and oxygen atoms in total. The van der Waals surface area contributed by atoms with E-state index < -0.39 is 17.8 Å². The molecule has 4 aromatic rings. The first kappa shape index (κ1) is 24.6. The molecule has 4 rings (SSSR count). The first-order chi connectivity index (χ1) is 17.4. The summed E-state index contributed by atoms with van der Waals surface area (Å²) < 4.78 is 5.66. The number of ether oxygens (including phenoxy) is 1. The molecule has 0 saturated heterocycles. The zero-order valence-electron chi connectivity index (χ0n) is 19.3. The Morgan fingerprint density at radius 2 is 1.69 bits per heavy atom. The predicted octanol–water partition coefficient (Wildman–Crippen LogP) is 4.90. The van der Waals surface area contributed by atoms with E-state index in [0.717, 1.165) is 16.3 Å². The molecule has 0 aliphatic rings. The lowest BCUT2D eigenvalue weighted by Gasteiger charge is -2.11. The van der Waals surface area contributed by atoms with Crippen molar-refractivity contribution in [2.75, 3.05) is 6.54 Å². The fourth-order valence-electron chi connectivity index (χ4n) is 3.45. The van der Waals surface area contributed by atoms with Gasteiger partial charge in [0.25, 0.3) is 11.8 Å². The van der Waals surface area contributed by atoms with Crippen molar-refractivity contribution in [3.8, 4) is 5.75 Å². The second kappa shape index (κ2) is 11.3. The molecule has 0 aliphatic carbocycles. The van der Waals surface area contributed by atoms with Crippen molar-refractivity contribution >= 4 is 46.4 Å². The summed E-state index contributed by atoms with van der Waals surface area (Å²) in [5, 5.41) is 8.66. The molecular weight excluding hydrogens is 478 g/mol. The third kappa shape index (κ3) is 6.14. The highest BCUT2D eigenvalue weighted by Gasteiger charge is 2.14. The third-order valence-electron chi connectivity index (χ3n) is 5.30. The minimum absolute atomic E-state index is 0.284. The van der Waals surface area contributed by atoms with Crippen LogP contribution in [0.3, 0.4) is 0 Å². The SMILES string of the molecule is Cc1ccc(C(=O)Oc2ccc3ccccc3c2C=NNC(=O)CNC(=O)c2cccc(Cl)c2)cc1. The second-order valence-corrected chi connectivity index (χ2v) is 8.38. The molecule has 0 heterocycles. The molecule has 180 valence electrons. The fraction of sp³-hybridized carbons (Fsp3) is 0.0714. The van der Waals surface area contributed by atoms with Gasteiger partial charge in [-0.2, -0.15) is 5.10 Å². The summed E-state index contributed by atoms with van der Waals surface area (Å²) in [6.45, 7) is 1.65. The number of hydrogen-bond donors (Lipinski definition) is 2. The van der Waals surface area contributed by atoms with Crippen molar-refractivity contribution in [3.63, 3.8) is 0 Å². The summed E-state index contributed by atoms with van der Waals surface area (Å²) in [5.41, 5.74) is 4.70. The third-order valence-corrected chi connectivity index (χ3v) is 5.53. The molecular formula is C28H22ClN3O4. The number of esters is 1. The number of halogens is 1. The minimum Gasteiger partial charge on any atom is -0.422 e. The number of nitrogens with one attached hydrogen (secondary N) is 2. The molecule has 2 N–H and O–H groups in total. The Morgan fingerprint density at radius 1 is 0.917 bits per heavy atom. The normalized spacial score (nSPS) is 10.8. The summed E-state index contributed by atoms with van der Waals surface area (Å²) in [4.78, 5) is 37.1. The Morgan fingerprint density at radius 3 is 2.47 bits per heavy atom. The van der Waals surface area contributed by atoms with Crippen LogP contribution in [-0.4, -0.2) is 30.5 Å². The van der Waals surface area contributed by atoms with Crippen molar-refractivity contribution in [2.24, 2.45) is 5.10 Å². The molecule has 0 aromatic heterocycles. The van der Waals surface area contributed by atoms with Gasteiger partial charge in [0, 0.05) is 16.1 Å². The first-order valence-corrected chi connectivity index (χ1v) is 11.4. The van der Waals surface area contributed by atoms with E-state index in [4.69, 9.17) is 16.3 Å². The minimum atomic E-state index is -0.528. The number of nitrogens with zero attached hydrogens (tertiary/aromatic N) is 1. The van der Waals surface area contributed by atoms with E-state index in [1.54, 1.807) is 36.4 Å². The zero-order valence-corrected chi connectivity index (χ0v) is 20.1. The molecule has 0 aliphatic heterocycles. The van der Waals surface area contributed by atoms with Gasteiger partial charge in [-0.15, -0.1) is 0 Å². The van der Waals surface area contributed by atoms with Crippen LogP contribution in [-0.2, 0) is 4.79 Å². The lowest BCUT2D eigenvalue weighted by Crippen LogP contribution is -2.34. The number of carbonyl (C=O) groups is 3. The Labute approximate surface area is 212 Å². The molecule has 0 atom stereocenters. The smallest absolute Gasteiger partial charge is 0.343 e. The van der Waals surface area contributed by atoms with Crippen molar-refractivity contribution in [1.82, 2.24) is 10.7 Å². The van der Waals surface area contributed by atoms with Crippen LogP contribution in [0.4, 0.5) is 0 Å². The molecule has 8 heteroatoms. The van der Waals surface area contributed by atoms with Gasteiger partial charge in [0.15, 0.2) is 0 Å². The number of hydrazone groups is 1. The van der Waals surface area contributed by atoms with E-state index in [2.05, 4.69) is 15.8 Å². The van der Waals surface area contributed by atoms with Gasteiger partial charge in [-0.25, -0.2) is 10.2 Å². The quantitative estimate of drug-likeness (QED) is 0.163. The first-order valence-electron chi connectivity index (χ1n) is 11.1. The van der Waals surface area contributed by atoms with Gasteiger partial charge in [0.05, 0.1) is 18.3 Å². The maximum atomic E-state index is 12.7. The lowest BCUT2D eigenvalue weighted by atomic mass is 10.0. The van der Waals surface area contributed by atoms with Crippen LogP contribution in [0.25, 0.3) is 10.8 Å². The number of amides is 2. The van der Waals surface area contributed by atoms with E-state index in [1.165, 1.54) is 12.3 Å². The maximum Gasteiger partial charge on any atom is 0.343 e. The van der Waals surface area contributed by atoms with E-state index >= 15 is 0 Å². The molecule has 36 heavy (non-hydrogen) atoms. The highest BCUT2D eigenvalue weighted by atomic mass is 35.5. The van der Waals surface area contributed by atoms with Crippen molar-refractivity contribution in [1.29, 1.82) is 0 Å². The van der Waals surface area contributed by atoms with E-state index in [9.17, 15) is 14.4 Å². The zero-order chi connectivity index (χ0) is 25.5. The lowest BCUT2D eigenvalue weighted by molar-refractivity contribution is -0.120. The summed E-state index contributed by atoms with van der Waals surface area (Å²) in [6.07, 6.45) is 1.41.